The van der Waals surface area contributed by atoms with Gasteiger partial charge in [-0.2, -0.15) is 0 Å². The lowest BCUT2D eigenvalue weighted by Crippen LogP contribution is -2.45. The Morgan fingerprint density at radius 3 is 2.69 bits per heavy atom. The first kappa shape index (κ1) is 24.5. The zero-order valence-corrected chi connectivity index (χ0v) is 21.6. The number of rotatable bonds is 9. The van der Waals surface area contributed by atoms with E-state index < -0.39 is 5.54 Å². The Hall–Kier alpha value is -2.14. The fourth-order valence-corrected chi connectivity index (χ4v) is 7.22. The molecule has 0 radical (unpaired) electrons. The van der Waals surface area contributed by atoms with Crippen molar-refractivity contribution >= 4 is 17.4 Å². The smallest absolute Gasteiger partial charge is 0.257 e. The topological polar surface area (TPSA) is 70.7 Å². The van der Waals surface area contributed by atoms with E-state index in [0.29, 0.717) is 17.9 Å². The number of fused-ring (bicyclic) bond motifs is 1. The second-order valence-electron chi connectivity index (χ2n) is 11.6. The van der Waals surface area contributed by atoms with E-state index in [2.05, 4.69) is 35.7 Å². The summed E-state index contributed by atoms with van der Waals surface area (Å²) < 4.78 is 0. The van der Waals surface area contributed by atoms with Gasteiger partial charge in [0.2, 0.25) is 0 Å². The van der Waals surface area contributed by atoms with Crippen LogP contribution in [0, 0.1) is 11.8 Å². The van der Waals surface area contributed by atoms with E-state index >= 15 is 0 Å². The van der Waals surface area contributed by atoms with Crippen LogP contribution >= 0.6 is 0 Å². The van der Waals surface area contributed by atoms with E-state index in [1.807, 2.05) is 0 Å². The lowest BCUT2D eigenvalue weighted by atomic mass is 9.74. The van der Waals surface area contributed by atoms with Crippen LogP contribution in [0.3, 0.4) is 0 Å². The van der Waals surface area contributed by atoms with Crippen LogP contribution < -0.4 is 11.1 Å². The van der Waals surface area contributed by atoms with Crippen molar-refractivity contribution in [2.24, 2.45) is 22.6 Å². The zero-order valence-electron chi connectivity index (χ0n) is 21.6. The third kappa shape index (κ3) is 5.50. The van der Waals surface area contributed by atoms with Gasteiger partial charge in [0.1, 0.15) is 5.54 Å². The highest BCUT2D eigenvalue weighted by Crippen LogP contribution is 2.40. The molecule has 3 atom stereocenters. The molecule has 190 valence electrons. The van der Waals surface area contributed by atoms with Crippen molar-refractivity contribution in [2.45, 2.75) is 101 Å². The number of benzene rings is 1. The second-order valence-corrected chi connectivity index (χ2v) is 11.6. The van der Waals surface area contributed by atoms with E-state index in [1.165, 1.54) is 68.1 Å². The summed E-state index contributed by atoms with van der Waals surface area (Å²) in [4.78, 5) is 19.9. The second kappa shape index (κ2) is 10.9. The standard InChI is InChI=1S/C30H44N4O/c1-34-28(35)30(33-29(34)31,18-16-22-8-3-2-4-9-22)21-23-10-7-12-26(20-23)32-19-17-25-15-14-24-11-5-6-13-27(24)25/h5-6,11,13,15,22-23,26,32H,2-4,7-10,12,14,16-21H2,1H3,(H2,31,33)/t23-,26+,30+/m0/s1. The van der Waals surface area contributed by atoms with Gasteiger partial charge < -0.3 is 11.1 Å². The average Bonchev–Trinajstić information content (AvgIpc) is 3.38. The van der Waals surface area contributed by atoms with Gasteiger partial charge in [-0.05, 0) is 80.0 Å². The third-order valence-electron chi connectivity index (χ3n) is 9.23. The molecule has 3 aliphatic carbocycles. The number of hydrogen-bond acceptors (Lipinski definition) is 4. The van der Waals surface area contributed by atoms with Crippen LogP contribution in [0.2, 0.25) is 0 Å². The average molecular weight is 477 g/mol. The van der Waals surface area contributed by atoms with Gasteiger partial charge in [-0.1, -0.05) is 75.3 Å². The summed E-state index contributed by atoms with van der Waals surface area (Å²) in [7, 11) is 1.80. The summed E-state index contributed by atoms with van der Waals surface area (Å²) >= 11 is 0. The summed E-state index contributed by atoms with van der Waals surface area (Å²) in [6, 6.07) is 9.34. The van der Waals surface area contributed by atoms with E-state index in [1.54, 1.807) is 11.9 Å². The maximum Gasteiger partial charge on any atom is 0.257 e. The number of carbonyl (C=O) groups excluding carboxylic acids is 1. The van der Waals surface area contributed by atoms with Crippen LogP contribution in [0.15, 0.2) is 35.3 Å². The molecule has 1 amide bonds. The van der Waals surface area contributed by atoms with Crippen molar-refractivity contribution in [2.75, 3.05) is 13.6 Å². The van der Waals surface area contributed by atoms with Crippen LogP contribution in [0.1, 0.15) is 94.6 Å². The minimum Gasteiger partial charge on any atom is -0.369 e. The van der Waals surface area contributed by atoms with Crippen LogP contribution in [-0.2, 0) is 11.2 Å². The van der Waals surface area contributed by atoms with Gasteiger partial charge in [0.15, 0.2) is 5.96 Å². The molecule has 4 aliphatic rings. The zero-order chi connectivity index (χ0) is 24.3. The molecular formula is C30H44N4O. The van der Waals surface area contributed by atoms with Crippen LogP contribution in [0.25, 0.3) is 5.57 Å². The van der Waals surface area contributed by atoms with Crippen LogP contribution in [-0.4, -0.2) is 41.9 Å². The number of carbonyl (C=O) groups is 1. The molecule has 0 unspecified atom stereocenters. The molecule has 0 saturated heterocycles. The fourth-order valence-electron chi connectivity index (χ4n) is 7.22. The van der Waals surface area contributed by atoms with Crippen molar-refractivity contribution in [1.82, 2.24) is 10.2 Å². The van der Waals surface area contributed by atoms with Gasteiger partial charge in [-0.3, -0.25) is 9.69 Å². The highest BCUT2D eigenvalue weighted by Gasteiger charge is 2.48. The van der Waals surface area contributed by atoms with Crippen LogP contribution in [0.5, 0.6) is 0 Å². The van der Waals surface area contributed by atoms with Crippen molar-refractivity contribution in [1.29, 1.82) is 0 Å². The summed E-state index contributed by atoms with van der Waals surface area (Å²) in [5.74, 6) is 1.83. The van der Waals surface area contributed by atoms with Gasteiger partial charge in [-0.15, -0.1) is 0 Å². The third-order valence-corrected chi connectivity index (χ3v) is 9.23. The Morgan fingerprint density at radius 2 is 1.89 bits per heavy atom. The Bertz CT molecular complexity index is 963. The minimum absolute atomic E-state index is 0.132. The molecule has 2 fully saturated rings. The number of nitrogens with zero attached hydrogens (tertiary/aromatic N) is 2. The largest absolute Gasteiger partial charge is 0.369 e. The maximum atomic E-state index is 13.4. The van der Waals surface area contributed by atoms with E-state index in [-0.39, 0.29) is 5.91 Å². The SMILES string of the molecule is CN1C(=O)[C@@](CCC2CCCCC2)(C[C@H]2CCC[C@@H](NCCC3=CCc4ccccc43)C2)N=C1N. The lowest BCUT2D eigenvalue weighted by molar-refractivity contribution is -0.131. The summed E-state index contributed by atoms with van der Waals surface area (Å²) in [5, 5.41) is 3.86. The Balaban J connectivity index is 1.16. The predicted molar refractivity (Wildman–Crippen MR) is 144 cm³/mol. The number of hydrogen-bond donors (Lipinski definition) is 2. The highest BCUT2D eigenvalue weighted by atomic mass is 16.2. The molecule has 2 saturated carbocycles. The molecular weight excluding hydrogens is 432 g/mol. The first-order valence-corrected chi connectivity index (χ1v) is 14.2. The Kier molecular flexibility index (Phi) is 7.62. The van der Waals surface area contributed by atoms with Crippen molar-refractivity contribution in [3.05, 3.63) is 41.5 Å². The summed E-state index contributed by atoms with van der Waals surface area (Å²) in [6.07, 6.45) is 18.9. The summed E-state index contributed by atoms with van der Waals surface area (Å²) in [5.41, 5.74) is 9.95. The molecule has 3 N–H and O–H groups in total. The van der Waals surface area contributed by atoms with E-state index in [9.17, 15) is 4.79 Å². The molecule has 35 heavy (non-hydrogen) atoms. The molecule has 0 bridgehead atoms. The number of nitrogens with one attached hydrogen (secondary N) is 1. The fraction of sp³-hybridized carbons (Fsp3) is 0.667. The van der Waals surface area contributed by atoms with Crippen molar-refractivity contribution in [3.8, 4) is 0 Å². The Labute approximate surface area is 211 Å². The molecule has 0 spiro atoms. The molecule has 0 aromatic heterocycles. The monoisotopic (exact) mass is 476 g/mol. The van der Waals surface area contributed by atoms with Gasteiger partial charge in [-0.25, -0.2) is 4.99 Å². The van der Waals surface area contributed by atoms with E-state index in [4.69, 9.17) is 10.7 Å². The molecule has 5 nitrogen and oxygen atoms in total. The maximum absolute atomic E-state index is 13.4. The minimum atomic E-state index is -0.624. The molecule has 1 aromatic rings. The number of amides is 1. The molecule has 1 heterocycles. The molecule has 1 aliphatic heterocycles. The van der Waals surface area contributed by atoms with Crippen LogP contribution in [0.4, 0.5) is 0 Å². The van der Waals surface area contributed by atoms with Gasteiger partial charge in [0, 0.05) is 13.1 Å². The number of aliphatic imine (C=N–C) groups is 1. The molecule has 5 heteroatoms. The molecule has 5 rings (SSSR count). The van der Waals surface area contributed by atoms with Gasteiger partial charge >= 0.3 is 0 Å². The quantitative estimate of drug-likeness (QED) is 0.498. The van der Waals surface area contributed by atoms with Crippen molar-refractivity contribution in [3.63, 3.8) is 0 Å². The van der Waals surface area contributed by atoms with Gasteiger partial charge in [0.25, 0.3) is 5.91 Å². The number of nitrogens with two attached hydrogens (primary N) is 1. The number of guanidine groups is 1. The first-order valence-electron chi connectivity index (χ1n) is 14.2. The van der Waals surface area contributed by atoms with E-state index in [0.717, 1.165) is 51.0 Å². The Morgan fingerprint density at radius 1 is 1.09 bits per heavy atom. The highest BCUT2D eigenvalue weighted by molar-refractivity contribution is 6.06. The summed E-state index contributed by atoms with van der Waals surface area (Å²) in [6.45, 7) is 1.02. The van der Waals surface area contributed by atoms with Gasteiger partial charge in [0.05, 0.1) is 0 Å². The first-order chi connectivity index (χ1) is 17.0. The number of likely N-dealkylation sites (N-methyl/N-ethyl adjacent to an activating group) is 1. The number of allylic oxidation sites excluding steroid dienone is 1. The predicted octanol–water partition coefficient (Wildman–Crippen LogP) is 5.44. The molecule has 1 aromatic carbocycles. The lowest BCUT2D eigenvalue weighted by Gasteiger charge is -2.35. The normalized spacial score (nSPS) is 29.3. The van der Waals surface area contributed by atoms with Crippen molar-refractivity contribution < 1.29 is 4.79 Å².